The smallest absolute Gasteiger partial charge is 0.416 e. The zero-order valence-corrected chi connectivity index (χ0v) is 22.1. The highest BCUT2D eigenvalue weighted by Crippen LogP contribution is 2.37. The van der Waals surface area contributed by atoms with Gasteiger partial charge in [-0.15, -0.1) is 0 Å². The summed E-state index contributed by atoms with van der Waals surface area (Å²) in [5.41, 5.74) is -1.75. The Morgan fingerprint density at radius 2 is 1.66 bits per heavy atom. The van der Waals surface area contributed by atoms with E-state index in [9.17, 15) is 39.9 Å². The summed E-state index contributed by atoms with van der Waals surface area (Å²) in [7, 11) is -4.85. The van der Waals surface area contributed by atoms with E-state index < -0.39 is 44.5 Å². The van der Waals surface area contributed by atoms with Crippen LogP contribution < -0.4 is 14.8 Å². The van der Waals surface area contributed by atoms with Crippen LogP contribution in [0.4, 0.5) is 32.0 Å². The molecule has 15 heteroatoms. The number of hydrogen-bond donors (Lipinski definition) is 4. The summed E-state index contributed by atoms with van der Waals surface area (Å²) in [6.45, 7) is 2.55. The van der Waals surface area contributed by atoms with E-state index in [1.54, 1.807) is 12.1 Å². The van der Waals surface area contributed by atoms with Crippen LogP contribution in [0.2, 0.25) is 0 Å². The summed E-state index contributed by atoms with van der Waals surface area (Å²) in [4.78, 5) is -1.21. The number of halogens is 6. The van der Waals surface area contributed by atoms with Gasteiger partial charge in [-0.25, -0.2) is 8.42 Å². The monoisotopic (exact) mass is 602 g/mol. The minimum Gasteiger partial charge on any atom is -0.492 e. The van der Waals surface area contributed by atoms with Crippen molar-refractivity contribution in [3.05, 3.63) is 83.0 Å². The maximum absolute atomic E-state index is 13.2. The molecule has 4 aromatic rings. The number of benzene rings is 3. The summed E-state index contributed by atoms with van der Waals surface area (Å²) >= 11 is 0. The third-order valence-corrected chi connectivity index (χ3v) is 7.36. The van der Waals surface area contributed by atoms with Gasteiger partial charge in [0, 0.05) is 35.9 Å². The maximum Gasteiger partial charge on any atom is 0.416 e. The first-order valence-electron chi connectivity index (χ1n) is 12.0. The molecule has 0 aliphatic carbocycles. The molecule has 0 spiro atoms. The lowest BCUT2D eigenvalue weighted by molar-refractivity contribution is -0.143. The number of H-pyrrole nitrogens is 1. The van der Waals surface area contributed by atoms with E-state index >= 15 is 0 Å². The van der Waals surface area contributed by atoms with Crippen LogP contribution in [0.3, 0.4) is 0 Å². The Hall–Kier alpha value is -3.82. The number of nitrogens with zero attached hydrogens (tertiary/aromatic N) is 1. The third kappa shape index (κ3) is 7.48. The van der Waals surface area contributed by atoms with Crippen molar-refractivity contribution in [2.75, 3.05) is 24.4 Å². The van der Waals surface area contributed by atoms with Gasteiger partial charge >= 0.3 is 12.4 Å². The van der Waals surface area contributed by atoms with Gasteiger partial charge < -0.3 is 15.2 Å². The summed E-state index contributed by atoms with van der Waals surface area (Å²) in [5, 5.41) is 21.5. The fourth-order valence-corrected chi connectivity index (χ4v) is 5.04. The Morgan fingerprint density at radius 3 is 2.32 bits per heavy atom. The summed E-state index contributed by atoms with van der Waals surface area (Å²) in [5.74, 6) is 0.606. The lowest BCUT2D eigenvalue weighted by Crippen LogP contribution is -2.26. The molecule has 8 nitrogen and oxygen atoms in total. The molecule has 0 amide bonds. The Morgan fingerprint density at radius 1 is 0.976 bits per heavy atom. The number of nitrogens with one attached hydrogen (secondary N) is 3. The van der Waals surface area contributed by atoms with E-state index in [0.717, 1.165) is 16.6 Å². The number of rotatable bonds is 10. The van der Waals surface area contributed by atoms with Gasteiger partial charge in [-0.1, -0.05) is 12.1 Å². The Kier molecular flexibility index (Phi) is 8.52. The Bertz CT molecular complexity index is 1600. The first kappa shape index (κ1) is 30.1. The van der Waals surface area contributed by atoms with E-state index in [1.807, 2.05) is 17.7 Å². The average Bonchev–Trinajstić information content (AvgIpc) is 3.27. The van der Waals surface area contributed by atoms with Crippen molar-refractivity contribution in [1.29, 1.82) is 0 Å². The number of sulfonamides is 1. The van der Waals surface area contributed by atoms with Gasteiger partial charge in [0.05, 0.1) is 27.6 Å². The van der Waals surface area contributed by atoms with Crippen LogP contribution in [0.15, 0.2) is 65.6 Å². The van der Waals surface area contributed by atoms with Gasteiger partial charge in [-0.05, 0) is 55.0 Å². The molecule has 1 aromatic heterocycles. The van der Waals surface area contributed by atoms with Crippen LogP contribution in [0.5, 0.6) is 5.75 Å². The highest BCUT2D eigenvalue weighted by Gasteiger charge is 2.38. The number of ether oxygens (including phenoxy) is 1. The number of anilines is 1. The summed E-state index contributed by atoms with van der Waals surface area (Å²) < 4.78 is 112. The van der Waals surface area contributed by atoms with Crippen molar-refractivity contribution >= 4 is 26.6 Å². The van der Waals surface area contributed by atoms with Crippen LogP contribution in [0, 0.1) is 6.92 Å². The molecule has 3 aromatic carbocycles. The highest BCUT2D eigenvalue weighted by molar-refractivity contribution is 7.92. The molecular weight excluding hydrogens is 578 g/mol. The van der Waals surface area contributed by atoms with E-state index in [-0.39, 0.29) is 42.6 Å². The second kappa shape index (κ2) is 11.6. The zero-order valence-electron chi connectivity index (χ0n) is 21.3. The normalized spacial score (nSPS) is 13.4. The molecule has 4 N–H and O–H groups in total. The molecule has 0 saturated carbocycles. The minimum absolute atomic E-state index is 0.0414. The van der Waals surface area contributed by atoms with Crippen molar-refractivity contribution in [2.45, 2.75) is 30.3 Å². The molecule has 0 radical (unpaired) electrons. The maximum atomic E-state index is 13.2. The number of aliphatic hydroxyl groups excluding tert-OH is 1. The van der Waals surface area contributed by atoms with Crippen LogP contribution in [0.1, 0.15) is 28.5 Å². The molecule has 0 saturated heterocycles. The Labute approximate surface area is 230 Å². The molecule has 4 rings (SSSR count). The second-order valence-electron chi connectivity index (χ2n) is 9.07. The first-order valence-corrected chi connectivity index (χ1v) is 13.5. The van der Waals surface area contributed by atoms with Crippen molar-refractivity contribution in [1.82, 2.24) is 15.5 Å². The van der Waals surface area contributed by atoms with Crippen LogP contribution >= 0.6 is 0 Å². The van der Waals surface area contributed by atoms with Crippen molar-refractivity contribution < 1.29 is 44.6 Å². The number of aromatic nitrogens is 2. The predicted molar refractivity (Wildman–Crippen MR) is 138 cm³/mol. The average molecular weight is 603 g/mol. The molecule has 1 atom stereocenters. The summed E-state index contributed by atoms with van der Waals surface area (Å²) in [6.07, 6.45) is -11.5. The SMILES string of the molecule is Cc1[nH]nc2cc(OCCNCC(O)c3cccc(NS(=O)(=O)c4cc(C(F)(F)F)cc(C(F)(F)F)c4)c3)ccc12. The van der Waals surface area contributed by atoms with Gasteiger partial charge in [0.25, 0.3) is 10.0 Å². The van der Waals surface area contributed by atoms with Crippen molar-refractivity contribution in [2.24, 2.45) is 0 Å². The van der Waals surface area contributed by atoms with Gasteiger partial charge in [0.2, 0.25) is 0 Å². The van der Waals surface area contributed by atoms with Crippen LogP contribution in [0.25, 0.3) is 10.9 Å². The number of fused-ring (bicyclic) bond motifs is 1. The molecule has 1 heterocycles. The van der Waals surface area contributed by atoms with Gasteiger partial charge in [0.1, 0.15) is 12.4 Å². The first-order chi connectivity index (χ1) is 19.1. The molecule has 220 valence electrons. The third-order valence-electron chi connectivity index (χ3n) is 6.00. The lowest BCUT2D eigenvalue weighted by atomic mass is 10.1. The molecule has 0 aliphatic rings. The van der Waals surface area contributed by atoms with Gasteiger partial charge in [-0.3, -0.25) is 9.82 Å². The molecule has 0 bridgehead atoms. The molecule has 1 unspecified atom stereocenters. The van der Waals surface area contributed by atoms with Crippen LogP contribution in [-0.4, -0.2) is 43.4 Å². The minimum atomic E-state index is -5.21. The summed E-state index contributed by atoms with van der Waals surface area (Å²) in [6, 6.07) is 10.9. The van der Waals surface area contributed by atoms with E-state index in [4.69, 9.17) is 4.74 Å². The molecule has 41 heavy (non-hydrogen) atoms. The van der Waals surface area contributed by atoms with Crippen molar-refractivity contribution in [3.63, 3.8) is 0 Å². The van der Waals surface area contributed by atoms with Gasteiger partial charge in [-0.2, -0.15) is 31.4 Å². The second-order valence-corrected chi connectivity index (χ2v) is 10.8. The number of aryl methyl sites for hydroxylation is 1. The fraction of sp³-hybridized carbons (Fsp3) is 0.269. The topological polar surface area (TPSA) is 116 Å². The number of aliphatic hydroxyl groups is 1. The zero-order chi connectivity index (χ0) is 30.0. The lowest BCUT2D eigenvalue weighted by Gasteiger charge is -2.16. The number of alkyl halides is 6. The molecule has 0 aliphatic heterocycles. The number of aromatic amines is 1. The quantitative estimate of drug-likeness (QED) is 0.143. The van der Waals surface area contributed by atoms with E-state index in [1.165, 1.54) is 24.3 Å². The van der Waals surface area contributed by atoms with Crippen LogP contribution in [-0.2, 0) is 22.4 Å². The standard InChI is InChI=1S/C26H24F6N4O4S/c1-15-22-6-5-20(13-23(22)35-34-15)40-8-7-33-14-24(37)16-3-2-4-19(9-16)36-41(38,39)21-11-17(25(27,28)29)10-18(12-21)26(30,31)32/h2-6,9-13,24,33,36-37H,7-8,14H2,1H3,(H,34,35). The fourth-order valence-electron chi connectivity index (χ4n) is 3.92. The Balaban J connectivity index is 1.37. The van der Waals surface area contributed by atoms with E-state index in [0.29, 0.717) is 12.3 Å². The van der Waals surface area contributed by atoms with E-state index in [2.05, 4.69) is 15.5 Å². The van der Waals surface area contributed by atoms with Crippen molar-refractivity contribution in [3.8, 4) is 5.75 Å². The molecular formula is C26H24F6N4O4S. The largest absolute Gasteiger partial charge is 0.492 e. The molecule has 0 fully saturated rings. The predicted octanol–water partition coefficient (Wildman–Crippen LogP) is 5.41. The number of hydrogen-bond acceptors (Lipinski definition) is 6. The van der Waals surface area contributed by atoms with Gasteiger partial charge in [0.15, 0.2) is 0 Å². The highest BCUT2D eigenvalue weighted by atomic mass is 32.2.